The molecule has 4 heteroatoms. The molecule has 140 valence electrons. The number of nitrogens with zero attached hydrogens (tertiary/aromatic N) is 4. The minimum atomic E-state index is 0.527. The molecule has 26 heavy (non-hydrogen) atoms. The molecule has 0 N–H and O–H groups in total. The molecule has 2 aromatic rings. The summed E-state index contributed by atoms with van der Waals surface area (Å²) in [5, 5.41) is 0. The van der Waals surface area contributed by atoms with E-state index in [-0.39, 0.29) is 0 Å². The van der Waals surface area contributed by atoms with E-state index in [1.807, 2.05) is 24.8 Å². The van der Waals surface area contributed by atoms with Crippen LogP contribution in [0.4, 0.5) is 0 Å². The second kappa shape index (κ2) is 9.75. The van der Waals surface area contributed by atoms with E-state index in [1.165, 1.54) is 56.9 Å². The average molecular weight is 353 g/mol. The third kappa shape index (κ3) is 5.09. The van der Waals surface area contributed by atoms with Crippen LogP contribution in [0.5, 0.6) is 0 Å². The Morgan fingerprint density at radius 1 is 0.808 bits per heavy atom. The topological polar surface area (TPSA) is 51.6 Å². The predicted octanol–water partition coefficient (Wildman–Crippen LogP) is 5.74. The van der Waals surface area contributed by atoms with Crippen LogP contribution in [0.3, 0.4) is 0 Å². The van der Waals surface area contributed by atoms with Crippen LogP contribution in [0, 0.1) is 5.92 Å². The molecule has 1 aliphatic rings. The van der Waals surface area contributed by atoms with E-state index in [4.69, 9.17) is 0 Å². The van der Waals surface area contributed by atoms with Crippen LogP contribution in [0.15, 0.2) is 24.8 Å². The number of rotatable bonds is 8. The number of aryl methyl sites for hydroxylation is 1. The van der Waals surface area contributed by atoms with Crippen molar-refractivity contribution < 1.29 is 0 Å². The first kappa shape index (κ1) is 18.9. The van der Waals surface area contributed by atoms with E-state index in [1.54, 1.807) is 0 Å². The van der Waals surface area contributed by atoms with Gasteiger partial charge in [0.05, 0.1) is 5.56 Å². The van der Waals surface area contributed by atoms with Crippen molar-refractivity contribution in [1.82, 2.24) is 19.9 Å². The maximum Gasteiger partial charge on any atom is 0.162 e. The number of unbranched alkanes of at least 4 members (excludes halogenated alkanes) is 2. The summed E-state index contributed by atoms with van der Waals surface area (Å²) in [6, 6.07) is 0. The summed E-state index contributed by atoms with van der Waals surface area (Å²) in [6.45, 7) is 4.45. The molecular formula is C22H32N4. The van der Waals surface area contributed by atoms with Crippen molar-refractivity contribution in [2.24, 2.45) is 5.92 Å². The molecule has 0 spiro atoms. The summed E-state index contributed by atoms with van der Waals surface area (Å²) >= 11 is 0. The third-order valence-electron chi connectivity index (χ3n) is 5.60. The highest BCUT2D eigenvalue weighted by molar-refractivity contribution is 5.51. The van der Waals surface area contributed by atoms with E-state index >= 15 is 0 Å². The Balaban J connectivity index is 1.55. The zero-order valence-corrected chi connectivity index (χ0v) is 16.3. The summed E-state index contributed by atoms with van der Waals surface area (Å²) in [5.74, 6) is 3.17. The van der Waals surface area contributed by atoms with Gasteiger partial charge in [-0.25, -0.2) is 19.9 Å². The zero-order chi connectivity index (χ0) is 18.2. The number of hydrogen-bond acceptors (Lipinski definition) is 4. The molecule has 0 aromatic carbocycles. The lowest BCUT2D eigenvalue weighted by atomic mass is 9.79. The van der Waals surface area contributed by atoms with Gasteiger partial charge in [0.2, 0.25) is 0 Å². The van der Waals surface area contributed by atoms with E-state index in [2.05, 4.69) is 33.8 Å². The quantitative estimate of drug-likeness (QED) is 0.568. The van der Waals surface area contributed by atoms with Crippen molar-refractivity contribution in [2.75, 3.05) is 0 Å². The normalized spacial score (nSPS) is 20.2. The van der Waals surface area contributed by atoms with Gasteiger partial charge in [0.25, 0.3) is 0 Å². The lowest BCUT2D eigenvalue weighted by Gasteiger charge is -2.27. The average Bonchev–Trinajstić information content (AvgIpc) is 2.70. The Labute approximate surface area is 157 Å². The summed E-state index contributed by atoms with van der Waals surface area (Å²) in [5.41, 5.74) is 2.09. The van der Waals surface area contributed by atoms with Crippen molar-refractivity contribution >= 4 is 0 Å². The lowest BCUT2D eigenvalue weighted by Crippen LogP contribution is -2.15. The second-order valence-corrected chi connectivity index (χ2v) is 7.71. The minimum absolute atomic E-state index is 0.527. The molecule has 0 saturated heterocycles. The van der Waals surface area contributed by atoms with Crippen molar-refractivity contribution in [3.63, 3.8) is 0 Å². The standard InChI is InChI=1S/C22H32N4/c1-3-5-6-8-17-9-11-19(12-10-17)21-25-15-20(16-26-21)22-23-13-18(7-4-2)14-24-22/h13-17,19H,3-12H2,1-2H3/t17-,19-. The molecule has 4 nitrogen and oxygen atoms in total. The maximum atomic E-state index is 4.65. The lowest BCUT2D eigenvalue weighted by molar-refractivity contribution is 0.297. The summed E-state index contributed by atoms with van der Waals surface area (Å²) in [6.07, 6.45) is 20.4. The molecular weight excluding hydrogens is 320 g/mol. The first-order valence-corrected chi connectivity index (χ1v) is 10.4. The molecule has 3 rings (SSSR count). The van der Waals surface area contributed by atoms with Gasteiger partial charge in [-0.3, -0.25) is 0 Å². The Morgan fingerprint density at radius 3 is 2.12 bits per heavy atom. The summed E-state index contributed by atoms with van der Waals surface area (Å²) in [4.78, 5) is 18.2. The number of hydrogen-bond donors (Lipinski definition) is 0. The Morgan fingerprint density at radius 2 is 1.50 bits per heavy atom. The van der Waals surface area contributed by atoms with Gasteiger partial charge in [-0.2, -0.15) is 0 Å². The van der Waals surface area contributed by atoms with E-state index in [0.717, 1.165) is 36.0 Å². The van der Waals surface area contributed by atoms with Crippen molar-refractivity contribution in [3.05, 3.63) is 36.2 Å². The van der Waals surface area contributed by atoms with Crippen LogP contribution < -0.4 is 0 Å². The molecule has 2 aromatic heterocycles. The third-order valence-corrected chi connectivity index (χ3v) is 5.60. The molecule has 1 aliphatic carbocycles. The van der Waals surface area contributed by atoms with Crippen molar-refractivity contribution in [1.29, 1.82) is 0 Å². The number of aromatic nitrogens is 4. The van der Waals surface area contributed by atoms with Gasteiger partial charge >= 0.3 is 0 Å². The molecule has 1 saturated carbocycles. The first-order chi connectivity index (χ1) is 12.8. The fraction of sp³-hybridized carbons (Fsp3) is 0.636. The predicted molar refractivity (Wildman–Crippen MR) is 106 cm³/mol. The Bertz CT molecular complexity index is 643. The van der Waals surface area contributed by atoms with Gasteiger partial charge in [0, 0.05) is 30.7 Å². The van der Waals surface area contributed by atoms with Gasteiger partial charge < -0.3 is 0 Å². The summed E-state index contributed by atoms with van der Waals surface area (Å²) in [7, 11) is 0. The Hall–Kier alpha value is -1.84. The molecule has 0 amide bonds. The SMILES string of the molecule is CCCCC[C@H]1CC[C@H](c2ncc(-c3ncc(CCC)cn3)cn2)CC1. The molecule has 1 fully saturated rings. The fourth-order valence-corrected chi connectivity index (χ4v) is 3.98. The first-order valence-electron chi connectivity index (χ1n) is 10.4. The van der Waals surface area contributed by atoms with Crippen LogP contribution in [0.25, 0.3) is 11.4 Å². The van der Waals surface area contributed by atoms with Crippen molar-refractivity contribution in [2.45, 2.75) is 84.0 Å². The second-order valence-electron chi connectivity index (χ2n) is 7.71. The molecule has 2 heterocycles. The van der Waals surface area contributed by atoms with E-state index in [9.17, 15) is 0 Å². The fourth-order valence-electron chi connectivity index (χ4n) is 3.98. The van der Waals surface area contributed by atoms with Gasteiger partial charge in [0.15, 0.2) is 5.82 Å². The molecule has 0 radical (unpaired) electrons. The van der Waals surface area contributed by atoms with Crippen LogP contribution in [0.2, 0.25) is 0 Å². The van der Waals surface area contributed by atoms with Gasteiger partial charge in [-0.05, 0) is 43.6 Å². The highest BCUT2D eigenvalue weighted by Gasteiger charge is 2.23. The largest absolute Gasteiger partial charge is 0.240 e. The maximum absolute atomic E-state index is 4.65. The molecule has 0 bridgehead atoms. The van der Waals surface area contributed by atoms with Crippen LogP contribution in [-0.4, -0.2) is 19.9 Å². The minimum Gasteiger partial charge on any atom is -0.240 e. The van der Waals surface area contributed by atoms with Crippen LogP contribution in [-0.2, 0) is 6.42 Å². The van der Waals surface area contributed by atoms with Gasteiger partial charge in [-0.15, -0.1) is 0 Å². The zero-order valence-electron chi connectivity index (χ0n) is 16.3. The van der Waals surface area contributed by atoms with Gasteiger partial charge in [-0.1, -0.05) is 46.0 Å². The van der Waals surface area contributed by atoms with Crippen LogP contribution in [0.1, 0.15) is 88.9 Å². The van der Waals surface area contributed by atoms with E-state index in [0.29, 0.717) is 5.92 Å². The Kier molecular flexibility index (Phi) is 7.10. The van der Waals surface area contributed by atoms with E-state index < -0.39 is 0 Å². The highest BCUT2D eigenvalue weighted by Crippen LogP contribution is 2.36. The highest BCUT2D eigenvalue weighted by atomic mass is 14.9. The van der Waals surface area contributed by atoms with Gasteiger partial charge in [0.1, 0.15) is 5.82 Å². The van der Waals surface area contributed by atoms with Crippen molar-refractivity contribution in [3.8, 4) is 11.4 Å². The summed E-state index contributed by atoms with van der Waals surface area (Å²) < 4.78 is 0. The monoisotopic (exact) mass is 352 g/mol. The smallest absolute Gasteiger partial charge is 0.162 e. The molecule has 0 atom stereocenters. The molecule has 0 unspecified atom stereocenters. The van der Waals surface area contributed by atoms with Crippen LogP contribution >= 0.6 is 0 Å². The molecule has 0 aliphatic heterocycles.